The molecule has 3 aromatic rings. The van der Waals surface area contributed by atoms with E-state index in [9.17, 15) is 18.8 Å². The summed E-state index contributed by atoms with van der Waals surface area (Å²) in [6, 6.07) is 12.5. The van der Waals surface area contributed by atoms with Gasteiger partial charge in [-0.1, -0.05) is 31.2 Å². The first-order chi connectivity index (χ1) is 13.9. The number of benzene rings is 2. The molecule has 1 N–H and O–H groups in total. The summed E-state index contributed by atoms with van der Waals surface area (Å²) in [6.45, 7) is 4.01. The minimum absolute atomic E-state index is 0.111. The van der Waals surface area contributed by atoms with Crippen LogP contribution in [0.25, 0.3) is 5.69 Å². The lowest BCUT2D eigenvalue weighted by molar-refractivity contribution is 0.0944. The number of aryl methyl sites for hydroxylation is 1. The maximum atomic E-state index is 13.2. The lowest BCUT2D eigenvalue weighted by Gasteiger charge is -2.12. The highest BCUT2D eigenvalue weighted by molar-refractivity contribution is 5.91. The van der Waals surface area contributed by atoms with Gasteiger partial charge >= 0.3 is 5.69 Å². The highest BCUT2D eigenvalue weighted by atomic mass is 19.1. The molecule has 0 spiro atoms. The molecular formula is C21H21FN4O3. The lowest BCUT2D eigenvalue weighted by Crippen LogP contribution is -2.46. The molecule has 8 heteroatoms. The van der Waals surface area contributed by atoms with Crippen molar-refractivity contribution < 1.29 is 9.18 Å². The van der Waals surface area contributed by atoms with E-state index in [4.69, 9.17) is 0 Å². The summed E-state index contributed by atoms with van der Waals surface area (Å²) in [5.74, 6) is -1.07. The van der Waals surface area contributed by atoms with Gasteiger partial charge in [0.05, 0.1) is 12.2 Å². The Labute approximate surface area is 166 Å². The number of halogens is 1. The first-order valence-electron chi connectivity index (χ1n) is 9.24. The molecule has 0 radical (unpaired) electrons. The molecule has 1 aromatic heterocycles. The van der Waals surface area contributed by atoms with Gasteiger partial charge in [0.2, 0.25) is 5.69 Å². The van der Waals surface area contributed by atoms with Crippen LogP contribution in [0.15, 0.2) is 58.1 Å². The van der Waals surface area contributed by atoms with E-state index < -0.39 is 23.0 Å². The second-order valence-electron chi connectivity index (χ2n) is 6.66. The average molecular weight is 396 g/mol. The van der Waals surface area contributed by atoms with Crippen molar-refractivity contribution in [2.24, 2.45) is 0 Å². The van der Waals surface area contributed by atoms with E-state index in [-0.39, 0.29) is 12.2 Å². The number of nitrogens with zero attached hydrogens (tertiary/aromatic N) is 3. The molecule has 0 aliphatic carbocycles. The Morgan fingerprint density at radius 3 is 2.52 bits per heavy atom. The number of aromatic nitrogens is 3. The summed E-state index contributed by atoms with van der Waals surface area (Å²) in [4.78, 5) is 38.4. The minimum atomic E-state index is -0.795. The van der Waals surface area contributed by atoms with Gasteiger partial charge in [-0.15, -0.1) is 0 Å². The average Bonchev–Trinajstić information content (AvgIpc) is 2.71. The van der Waals surface area contributed by atoms with Crippen LogP contribution in [0.3, 0.4) is 0 Å². The zero-order chi connectivity index (χ0) is 21.0. The van der Waals surface area contributed by atoms with Crippen molar-refractivity contribution in [1.29, 1.82) is 0 Å². The summed E-state index contributed by atoms with van der Waals surface area (Å²) < 4.78 is 15.2. The summed E-state index contributed by atoms with van der Waals surface area (Å²) >= 11 is 0. The number of nitrogens with one attached hydrogen (secondary N) is 1. The molecule has 7 nitrogen and oxygen atoms in total. The molecule has 0 saturated carbocycles. The van der Waals surface area contributed by atoms with Crippen LogP contribution in [-0.4, -0.2) is 26.8 Å². The van der Waals surface area contributed by atoms with Crippen LogP contribution in [0.1, 0.15) is 35.0 Å². The Morgan fingerprint density at radius 1 is 1.14 bits per heavy atom. The van der Waals surface area contributed by atoms with E-state index in [0.29, 0.717) is 24.2 Å². The second kappa shape index (κ2) is 8.64. The summed E-state index contributed by atoms with van der Waals surface area (Å²) in [5.41, 5.74) is 0.0276. The van der Waals surface area contributed by atoms with E-state index in [1.807, 2.05) is 19.9 Å². The topological polar surface area (TPSA) is 86.0 Å². The van der Waals surface area contributed by atoms with E-state index in [1.54, 1.807) is 18.2 Å². The van der Waals surface area contributed by atoms with Crippen LogP contribution in [-0.2, 0) is 6.54 Å². The van der Waals surface area contributed by atoms with E-state index in [2.05, 4.69) is 10.4 Å². The van der Waals surface area contributed by atoms with Gasteiger partial charge < -0.3 is 5.32 Å². The third-order valence-electron chi connectivity index (χ3n) is 4.31. The first-order valence-corrected chi connectivity index (χ1v) is 9.24. The quantitative estimate of drug-likeness (QED) is 0.691. The van der Waals surface area contributed by atoms with Crippen molar-refractivity contribution in [3.05, 3.63) is 92.0 Å². The fraction of sp³-hybridized carbons (Fsp3) is 0.238. The highest BCUT2D eigenvalue weighted by Gasteiger charge is 2.20. The van der Waals surface area contributed by atoms with Crippen molar-refractivity contribution in [3.8, 4) is 5.69 Å². The Morgan fingerprint density at radius 2 is 1.86 bits per heavy atom. The molecule has 0 aliphatic heterocycles. The van der Waals surface area contributed by atoms with Crippen molar-refractivity contribution in [2.45, 2.75) is 26.8 Å². The molecular weight excluding hydrogens is 375 g/mol. The molecule has 0 unspecified atom stereocenters. The molecule has 0 atom stereocenters. The van der Waals surface area contributed by atoms with Crippen molar-refractivity contribution >= 4 is 5.91 Å². The summed E-state index contributed by atoms with van der Waals surface area (Å²) in [5, 5.41) is 6.67. The second-order valence-corrected chi connectivity index (χ2v) is 6.66. The first kappa shape index (κ1) is 20.2. The maximum absolute atomic E-state index is 13.2. The van der Waals surface area contributed by atoms with Crippen LogP contribution in [0.5, 0.6) is 0 Å². The standard InChI is InChI=1S/C21H21FN4O3/c1-3-11-23-19(27)18-20(28)25(13-15-7-9-16(22)10-8-15)21(29)26(24-18)17-6-4-5-14(2)12-17/h4-10,12H,3,11,13H2,1-2H3,(H,23,27). The zero-order valence-electron chi connectivity index (χ0n) is 16.2. The predicted molar refractivity (Wildman–Crippen MR) is 107 cm³/mol. The Bertz CT molecular complexity index is 1150. The number of carbonyl (C=O) groups excluding carboxylic acids is 1. The normalized spacial score (nSPS) is 10.7. The van der Waals surface area contributed by atoms with Crippen LogP contribution in [0, 0.1) is 12.7 Å². The van der Waals surface area contributed by atoms with E-state index >= 15 is 0 Å². The third-order valence-corrected chi connectivity index (χ3v) is 4.31. The summed E-state index contributed by atoms with van der Waals surface area (Å²) in [6.07, 6.45) is 0.688. The monoisotopic (exact) mass is 396 g/mol. The molecule has 2 aromatic carbocycles. The molecule has 0 bridgehead atoms. The van der Waals surface area contributed by atoms with Crippen molar-refractivity contribution in [2.75, 3.05) is 6.54 Å². The van der Waals surface area contributed by atoms with Gasteiger partial charge in [0.1, 0.15) is 5.82 Å². The van der Waals surface area contributed by atoms with Gasteiger partial charge in [-0.2, -0.15) is 9.78 Å². The number of hydrogen-bond donors (Lipinski definition) is 1. The molecule has 0 aliphatic rings. The molecule has 0 fully saturated rings. The van der Waals surface area contributed by atoms with Gasteiger partial charge in [0.15, 0.2) is 0 Å². The van der Waals surface area contributed by atoms with Crippen LogP contribution < -0.4 is 16.6 Å². The minimum Gasteiger partial charge on any atom is -0.350 e. The smallest absolute Gasteiger partial charge is 0.350 e. The fourth-order valence-electron chi connectivity index (χ4n) is 2.82. The van der Waals surface area contributed by atoms with Gasteiger partial charge in [-0.05, 0) is 48.7 Å². The van der Waals surface area contributed by atoms with Crippen LogP contribution in [0.2, 0.25) is 0 Å². The Hall–Kier alpha value is -3.55. The van der Waals surface area contributed by atoms with Crippen LogP contribution >= 0.6 is 0 Å². The number of hydrogen-bond acceptors (Lipinski definition) is 4. The fourth-order valence-corrected chi connectivity index (χ4v) is 2.82. The molecule has 1 amide bonds. The van der Waals surface area contributed by atoms with Gasteiger partial charge in [-0.3, -0.25) is 14.2 Å². The van der Waals surface area contributed by atoms with Gasteiger partial charge in [0.25, 0.3) is 11.5 Å². The van der Waals surface area contributed by atoms with Gasteiger partial charge in [0, 0.05) is 6.54 Å². The third kappa shape index (κ3) is 4.48. The SMILES string of the molecule is CCCNC(=O)c1nn(-c2cccc(C)c2)c(=O)n(Cc2ccc(F)cc2)c1=O. The van der Waals surface area contributed by atoms with Crippen LogP contribution in [0.4, 0.5) is 4.39 Å². The molecule has 1 heterocycles. The zero-order valence-corrected chi connectivity index (χ0v) is 16.2. The highest BCUT2D eigenvalue weighted by Crippen LogP contribution is 2.07. The van der Waals surface area contributed by atoms with Crippen molar-refractivity contribution in [1.82, 2.24) is 19.7 Å². The predicted octanol–water partition coefficient (Wildman–Crippen LogP) is 2.03. The van der Waals surface area contributed by atoms with E-state index in [1.165, 1.54) is 24.3 Å². The number of amides is 1. The van der Waals surface area contributed by atoms with E-state index in [0.717, 1.165) is 14.8 Å². The largest absolute Gasteiger partial charge is 0.352 e. The summed E-state index contributed by atoms with van der Waals surface area (Å²) in [7, 11) is 0. The Balaban J connectivity index is 2.18. The lowest BCUT2D eigenvalue weighted by atomic mass is 10.2. The van der Waals surface area contributed by atoms with Crippen molar-refractivity contribution in [3.63, 3.8) is 0 Å². The van der Waals surface area contributed by atoms with Gasteiger partial charge in [-0.25, -0.2) is 9.18 Å². The number of carbonyl (C=O) groups is 1. The molecule has 3 rings (SSSR count). The maximum Gasteiger partial charge on any atom is 0.352 e. The molecule has 150 valence electrons. The Kier molecular flexibility index (Phi) is 6.01. The number of rotatable bonds is 6. The molecule has 0 saturated heterocycles. The molecule has 29 heavy (non-hydrogen) atoms.